The van der Waals surface area contributed by atoms with Crippen molar-refractivity contribution in [3.63, 3.8) is 0 Å². The fourth-order valence-electron chi connectivity index (χ4n) is 8.45. The van der Waals surface area contributed by atoms with Gasteiger partial charge >= 0.3 is 0 Å². The first-order valence-corrected chi connectivity index (χ1v) is 12.1. The number of hydrogen-bond acceptors (Lipinski definition) is 3. The third-order valence-corrected chi connectivity index (χ3v) is 9.95. The molecule has 164 valence electrons. The number of rotatable bonds is 3. The number of carbonyl (C=O) groups is 1. The molecule has 0 spiro atoms. The van der Waals surface area contributed by atoms with Crippen LogP contribution >= 0.6 is 0 Å². The summed E-state index contributed by atoms with van der Waals surface area (Å²) in [6.07, 6.45) is 12.3. The Morgan fingerprint density at radius 1 is 1.07 bits per heavy atom. The fraction of sp³-hybridized carbons (Fsp3) is 0.885. The molecule has 29 heavy (non-hydrogen) atoms. The summed E-state index contributed by atoms with van der Waals surface area (Å²) in [4.78, 5) is 13.2. The lowest BCUT2D eigenvalue weighted by Crippen LogP contribution is -2.57. The predicted molar refractivity (Wildman–Crippen MR) is 116 cm³/mol. The zero-order valence-corrected chi connectivity index (χ0v) is 19.2. The predicted octanol–water partition coefficient (Wildman–Crippen LogP) is 5.15. The highest BCUT2D eigenvalue weighted by atomic mass is 16.3. The monoisotopic (exact) mass is 402 g/mol. The number of allylic oxidation sites excluding steroid dienone is 1. The lowest BCUT2D eigenvalue weighted by atomic mass is 9.44. The van der Waals surface area contributed by atoms with Crippen LogP contribution in [0.2, 0.25) is 0 Å². The summed E-state index contributed by atoms with van der Waals surface area (Å²) in [5.41, 5.74) is -0.344. The van der Waals surface area contributed by atoms with Gasteiger partial charge in [0.05, 0.1) is 11.7 Å². The maximum Gasteiger partial charge on any atom is 0.136 e. The molecular formula is C26H42O3. The van der Waals surface area contributed by atoms with E-state index in [1.165, 1.54) is 25.7 Å². The van der Waals surface area contributed by atoms with Crippen LogP contribution in [0, 0.1) is 46.3 Å². The van der Waals surface area contributed by atoms with Gasteiger partial charge in [-0.3, -0.25) is 4.79 Å². The normalized spacial score (nSPS) is 48.9. The lowest BCUT2D eigenvalue weighted by Gasteiger charge is -2.60. The number of aliphatic hydroxyl groups excluding tert-OH is 1. The van der Waals surface area contributed by atoms with E-state index in [9.17, 15) is 15.0 Å². The quantitative estimate of drug-likeness (QED) is 0.642. The Balaban J connectivity index is 1.57. The van der Waals surface area contributed by atoms with Gasteiger partial charge in [-0.1, -0.05) is 32.9 Å². The summed E-state index contributed by atoms with van der Waals surface area (Å²) in [6, 6.07) is 0. The van der Waals surface area contributed by atoms with Crippen LogP contribution in [0.3, 0.4) is 0 Å². The average Bonchev–Trinajstić information content (AvgIpc) is 2.98. The molecule has 4 saturated carbocycles. The van der Waals surface area contributed by atoms with Gasteiger partial charge in [0, 0.05) is 12.3 Å². The van der Waals surface area contributed by atoms with Crippen molar-refractivity contribution < 1.29 is 15.0 Å². The Kier molecular flexibility index (Phi) is 5.35. The van der Waals surface area contributed by atoms with Gasteiger partial charge in [0.15, 0.2) is 0 Å². The van der Waals surface area contributed by atoms with Crippen LogP contribution in [-0.4, -0.2) is 27.7 Å². The first-order chi connectivity index (χ1) is 13.5. The van der Waals surface area contributed by atoms with Gasteiger partial charge in [-0.2, -0.15) is 0 Å². The molecule has 4 rings (SSSR count). The van der Waals surface area contributed by atoms with Crippen molar-refractivity contribution in [1.82, 2.24) is 0 Å². The lowest BCUT2D eigenvalue weighted by molar-refractivity contribution is -0.159. The van der Waals surface area contributed by atoms with Crippen molar-refractivity contribution in [3.8, 4) is 0 Å². The number of ketones is 1. The van der Waals surface area contributed by atoms with E-state index >= 15 is 0 Å². The molecule has 0 aromatic carbocycles. The molecule has 4 fully saturated rings. The Morgan fingerprint density at radius 2 is 1.72 bits per heavy atom. The van der Waals surface area contributed by atoms with E-state index in [1.54, 1.807) is 0 Å². The smallest absolute Gasteiger partial charge is 0.136 e. The molecule has 4 aliphatic rings. The zero-order valence-electron chi connectivity index (χ0n) is 19.2. The minimum atomic E-state index is -0.754. The van der Waals surface area contributed by atoms with Crippen LogP contribution < -0.4 is 0 Å². The summed E-state index contributed by atoms with van der Waals surface area (Å²) in [5, 5.41) is 20.3. The third kappa shape index (κ3) is 3.55. The van der Waals surface area contributed by atoms with Gasteiger partial charge in [-0.05, 0) is 99.2 Å². The molecule has 3 heteroatoms. The van der Waals surface area contributed by atoms with Gasteiger partial charge in [-0.25, -0.2) is 0 Å². The van der Waals surface area contributed by atoms with E-state index in [0.29, 0.717) is 47.2 Å². The molecule has 0 aliphatic heterocycles. The van der Waals surface area contributed by atoms with Crippen LogP contribution in [-0.2, 0) is 4.79 Å². The van der Waals surface area contributed by atoms with Crippen LogP contribution in [0.4, 0.5) is 0 Å². The van der Waals surface area contributed by atoms with Gasteiger partial charge in [0.25, 0.3) is 0 Å². The van der Waals surface area contributed by atoms with E-state index < -0.39 is 5.60 Å². The Labute approximate surface area is 177 Å². The second kappa shape index (κ2) is 7.19. The highest BCUT2D eigenvalue weighted by Gasteiger charge is 2.62. The number of carbonyl (C=O) groups excluding carboxylic acids is 1. The largest absolute Gasteiger partial charge is 0.393 e. The Morgan fingerprint density at radius 3 is 2.41 bits per heavy atom. The zero-order chi connectivity index (χ0) is 21.2. The number of hydrogen-bond donors (Lipinski definition) is 2. The fourth-order valence-corrected chi connectivity index (χ4v) is 8.45. The highest BCUT2D eigenvalue weighted by Crippen LogP contribution is 2.67. The SMILES string of the molecule is CC(/C=C/C(C)(C)O)C1CCC2C3CC(=O)[C@@H]4C[C@H](O)CCC4(C)C3CCC12C. The molecule has 0 saturated heterocycles. The maximum atomic E-state index is 13.2. The van der Waals surface area contributed by atoms with Crippen LogP contribution in [0.25, 0.3) is 0 Å². The van der Waals surface area contributed by atoms with Crippen molar-refractivity contribution in [2.75, 3.05) is 0 Å². The summed E-state index contributed by atoms with van der Waals surface area (Å²) in [7, 11) is 0. The first kappa shape index (κ1) is 21.6. The summed E-state index contributed by atoms with van der Waals surface area (Å²) in [5.74, 6) is 3.46. The molecule has 7 unspecified atom stereocenters. The maximum absolute atomic E-state index is 13.2. The van der Waals surface area contributed by atoms with E-state index in [0.717, 1.165) is 19.3 Å². The van der Waals surface area contributed by atoms with Crippen LogP contribution in [0.1, 0.15) is 86.0 Å². The topological polar surface area (TPSA) is 57.5 Å². The van der Waals surface area contributed by atoms with Gasteiger partial charge < -0.3 is 10.2 Å². The Bertz CT molecular complexity index is 676. The average molecular weight is 403 g/mol. The van der Waals surface area contributed by atoms with Gasteiger partial charge in [-0.15, -0.1) is 0 Å². The number of Topliss-reactive ketones (excluding diaryl/α,β-unsaturated/α-hetero) is 1. The van der Waals surface area contributed by atoms with Crippen LogP contribution in [0.15, 0.2) is 12.2 Å². The summed E-state index contributed by atoms with van der Waals surface area (Å²) < 4.78 is 0. The molecule has 0 aromatic rings. The number of fused-ring (bicyclic) bond motifs is 5. The highest BCUT2D eigenvalue weighted by molar-refractivity contribution is 5.83. The van der Waals surface area contributed by atoms with E-state index in [1.807, 2.05) is 19.9 Å². The second-order valence-corrected chi connectivity index (χ2v) is 12.1. The Hall–Kier alpha value is -0.670. The molecule has 0 radical (unpaired) electrons. The van der Waals surface area contributed by atoms with Crippen molar-refractivity contribution >= 4 is 5.78 Å². The molecule has 9 atom stereocenters. The molecule has 0 heterocycles. The molecule has 3 nitrogen and oxygen atoms in total. The van der Waals surface area contributed by atoms with Crippen molar-refractivity contribution in [2.45, 2.75) is 97.7 Å². The summed E-state index contributed by atoms with van der Waals surface area (Å²) >= 11 is 0. The molecule has 0 aromatic heterocycles. The van der Waals surface area contributed by atoms with E-state index in [4.69, 9.17) is 0 Å². The molecular weight excluding hydrogens is 360 g/mol. The third-order valence-electron chi connectivity index (χ3n) is 9.95. The van der Waals surface area contributed by atoms with Crippen molar-refractivity contribution in [1.29, 1.82) is 0 Å². The van der Waals surface area contributed by atoms with Gasteiger partial charge in [0.1, 0.15) is 5.78 Å². The van der Waals surface area contributed by atoms with E-state index in [-0.39, 0.29) is 17.4 Å². The minimum absolute atomic E-state index is 0.0858. The first-order valence-electron chi connectivity index (χ1n) is 12.1. The summed E-state index contributed by atoms with van der Waals surface area (Å²) in [6.45, 7) is 10.9. The molecule has 2 N–H and O–H groups in total. The molecule has 0 amide bonds. The second-order valence-electron chi connectivity index (χ2n) is 12.1. The molecule has 4 aliphatic carbocycles. The molecule has 0 bridgehead atoms. The van der Waals surface area contributed by atoms with Crippen molar-refractivity contribution in [2.24, 2.45) is 46.3 Å². The van der Waals surface area contributed by atoms with Crippen LogP contribution in [0.5, 0.6) is 0 Å². The van der Waals surface area contributed by atoms with E-state index in [2.05, 4.69) is 26.8 Å². The number of aliphatic hydroxyl groups is 2. The van der Waals surface area contributed by atoms with Gasteiger partial charge in [0.2, 0.25) is 0 Å². The van der Waals surface area contributed by atoms with Crippen molar-refractivity contribution in [3.05, 3.63) is 12.2 Å². The standard InChI is InChI=1S/C26H42O3/c1-16(8-11-24(2,3)29)19-6-7-20-18-15-23(28)22-14-17(27)9-12-26(22,5)21(18)10-13-25(19,20)4/h8,11,16-22,27,29H,6-7,9-10,12-15H2,1-5H3/b11-8+/t16?,17-,18?,19?,20?,21?,22+,25?,26?/m1/s1. The minimum Gasteiger partial charge on any atom is -0.393 e.